The first-order valence-corrected chi connectivity index (χ1v) is 9.28. The molecule has 4 rings (SSSR count). The van der Waals surface area contributed by atoms with Crippen LogP contribution in [0, 0.1) is 0 Å². The van der Waals surface area contributed by atoms with Crippen LogP contribution in [0.3, 0.4) is 0 Å². The van der Waals surface area contributed by atoms with E-state index in [-0.39, 0.29) is 11.6 Å². The minimum atomic E-state index is -0.401. The molecule has 0 bridgehead atoms. The molecule has 0 spiro atoms. The van der Waals surface area contributed by atoms with Crippen molar-refractivity contribution in [1.82, 2.24) is 15.0 Å². The Balaban J connectivity index is 1.65. The zero-order chi connectivity index (χ0) is 19.5. The molecule has 2 amide bonds. The van der Waals surface area contributed by atoms with E-state index in [1.165, 1.54) is 30.7 Å². The van der Waals surface area contributed by atoms with Crippen LogP contribution in [0.4, 0.5) is 11.4 Å². The molecule has 0 atom stereocenters. The van der Waals surface area contributed by atoms with Crippen molar-refractivity contribution in [2.75, 3.05) is 10.6 Å². The third kappa shape index (κ3) is 3.72. The first-order chi connectivity index (χ1) is 13.6. The molecule has 0 unspecified atom stereocenters. The summed E-state index contributed by atoms with van der Waals surface area (Å²) in [5.41, 5.74) is 2.60. The summed E-state index contributed by atoms with van der Waals surface area (Å²) in [4.78, 5) is 37.2. The van der Waals surface area contributed by atoms with E-state index in [4.69, 9.17) is 0 Å². The minimum absolute atomic E-state index is 0.185. The number of para-hydroxylation sites is 1. The highest BCUT2D eigenvalue weighted by Crippen LogP contribution is 2.30. The predicted octanol–water partition coefficient (Wildman–Crippen LogP) is 3.96. The number of thiazole rings is 1. The van der Waals surface area contributed by atoms with Gasteiger partial charge in [-0.2, -0.15) is 0 Å². The van der Waals surface area contributed by atoms with Crippen molar-refractivity contribution >= 4 is 44.7 Å². The van der Waals surface area contributed by atoms with Crippen LogP contribution in [-0.2, 0) is 4.79 Å². The summed E-state index contributed by atoms with van der Waals surface area (Å²) in [7, 11) is 0. The number of hydrogen-bond acceptors (Lipinski definition) is 6. The number of nitrogens with one attached hydrogen (secondary N) is 2. The van der Waals surface area contributed by atoms with Crippen LogP contribution in [0.15, 0.2) is 60.9 Å². The van der Waals surface area contributed by atoms with Gasteiger partial charge < -0.3 is 10.6 Å². The number of benzene rings is 2. The first kappa shape index (κ1) is 17.7. The fourth-order valence-corrected chi connectivity index (χ4v) is 3.67. The molecule has 2 heterocycles. The highest BCUT2D eigenvalue weighted by atomic mass is 32.1. The summed E-state index contributed by atoms with van der Waals surface area (Å²) in [5, 5.41) is 6.11. The fourth-order valence-electron chi connectivity index (χ4n) is 2.70. The molecule has 0 saturated carbocycles. The van der Waals surface area contributed by atoms with Crippen LogP contribution in [0.5, 0.6) is 0 Å². The average Bonchev–Trinajstić information content (AvgIpc) is 3.12. The predicted molar refractivity (Wildman–Crippen MR) is 109 cm³/mol. The van der Waals surface area contributed by atoms with Crippen molar-refractivity contribution in [1.29, 1.82) is 0 Å². The standard InChI is InChI=1S/C20H15N5O2S/c1-12(26)23-13-5-4-6-14(11-13)24-19(27)17-18(22-10-9-21-17)20-25-15-7-2-3-8-16(15)28-20/h2-11H,1H3,(H,23,26)(H,24,27). The maximum atomic E-state index is 12.8. The van der Waals surface area contributed by atoms with Gasteiger partial charge in [0.15, 0.2) is 5.69 Å². The summed E-state index contributed by atoms with van der Waals surface area (Å²) in [6.07, 6.45) is 3.01. The smallest absolute Gasteiger partial charge is 0.276 e. The second kappa shape index (κ2) is 7.53. The van der Waals surface area contributed by atoms with E-state index >= 15 is 0 Å². The van der Waals surface area contributed by atoms with Crippen molar-refractivity contribution in [3.05, 3.63) is 66.6 Å². The topological polar surface area (TPSA) is 96.9 Å². The molecular weight excluding hydrogens is 374 g/mol. The van der Waals surface area contributed by atoms with Crippen LogP contribution < -0.4 is 10.6 Å². The van der Waals surface area contributed by atoms with Crippen molar-refractivity contribution in [2.24, 2.45) is 0 Å². The van der Waals surface area contributed by atoms with Crippen molar-refractivity contribution in [2.45, 2.75) is 6.92 Å². The number of hydrogen-bond donors (Lipinski definition) is 2. The Morgan fingerprint density at radius 2 is 1.68 bits per heavy atom. The summed E-state index contributed by atoms with van der Waals surface area (Å²) in [6.45, 7) is 1.43. The number of rotatable bonds is 4. The number of amides is 2. The molecule has 2 aromatic heterocycles. The Labute approximate surface area is 164 Å². The van der Waals surface area contributed by atoms with Crippen LogP contribution in [0.1, 0.15) is 17.4 Å². The zero-order valence-corrected chi connectivity index (χ0v) is 15.7. The molecule has 7 nitrogen and oxygen atoms in total. The van der Waals surface area contributed by atoms with Gasteiger partial charge in [-0.15, -0.1) is 11.3 Å². The van der Waals surface area contributed by atoms with Gasteiger partial charge in [0, 0.05) is 30.7 Å². The molecule has 2 N–H and O–H groups in total. The van der Waals surface area contributed by atoms with Crippen LogP contribution in [0.2, 0.25) is 0 Å². The number of carbonyl (C=O) groups is 2. The molecule has 0 aliphatic heterocycles. The normalized spacial score (nSPS) is 10.6. The fraction of sp³-hybridized carbons (Fsp3) is 0.0500. The summed E-state index contributed by atoms with van der Waals surface area (Å²) < 4.78 is 1.01. The Morgan fingerprint density at radius 3 is 2.46 bits per heavy atom. The average molecular weight is 389 g/mol. The molecule has 4 aromatic rings. The summed E-state index contributed by atoms with van der Waals surface area (Å²) >= 11 is 1.46. The second-order valence-corrected chi connectivity index (χ2v) is 6.99. The molecule has 0 fully saturated rings. The van der Waals surface area contributed by atoms with Gasteiger partial charge in [-0.1, -0.05) is 18.2 Å². The monoisotopic (exact) mass is 389 g/mol. The van der Waals surface area contributed by atoms with E-state index < -0.39 is 5.91 Å². The third-order valence-electron chi connectivity index (χ3n) is 3.85. The van der Waals surface area contributed by atoms with E-state index in [1.54, 1.807) is 24.3 Å². The maximum absolute atomic E-state index is 12.8. The third-order valence-corrected chi connectivity index (χ3v) is 4.89. The highest BCUT2D eigenvalue weighted by Gasteiger charge is 2.19. The van der Waals surface area contributed by atoms with E-state index in [0.29, 0.717) is 22.1 Å². The number of carbonyl (C=O) groups excluding carboxylic acids is 2. The lowest BCUT2D eigenvalue weighted by atomic mass is 10.2. The van der Waals surface area contributed by atoms with Gasteiger partial charge in [0.2, 0.25) is 5.91 Å². The molecule has 0 saturated heterocycles. The van der Waals surface area contributed by atoms with Gasteiger partial charge in [-0.05, 0) is 30.3 Å². The first-order valence-electron chi connectivity index (χ1n) is 8.46. The molecule has 0 aliphatic carbocycles. The lowest BCUT2D eigenvalue weighted by molar-refractivity contribution is -0.114. The van der Waals surface area contributed by atoms with Gasteiger partial charge >= 0.3 is 0 Å². The van der Waals surface area contributed by atoms with Gasteiger partial charge in [-0.3, -0.25) is 9.59 Å². The van der Waals surface area contributed by atoms with E-state index in [9.17, 15) is 9.59 Å². The lowest BCUT2D eigenvalue weighted by Gasteiger charge is -2.09. The van der Waals surface area contributed by atoms with Crippen molar-refractivity contribution in [3.8, 4) is 10.7 Å². The Kier molecular flexibility index (Phi) is 4.77. The largest absolute Gasteiger partial charge is 0.326 e. The van der Waals surface area contributed by atoms with Gasteiger partial charge in [0.1, 0.15) is 10.7 Å². The van der Waals surface area contributed by atoms with E-state index in [0.717, 1.165) is 10.2 Å². The quantitative estimate of drug-likeness (QED) is 0.551. The van der Waals surface area contributed by atoms with Crippen LogP contribution >= 0.6 is 11.3 Å². The van der Waals surface area contributed by atoms with Gasteiger partial charge in [-0.25, -0.2) is 15.0 Å². The summed E-state index contributed by atoms with van der Waals surface area (Å²) in [5.74, 6) is -0.585. The summed E-state index contributed by atoms with van der Waals surface area (Å²) in [6, 6.07) is 14.6. The van der Waals surface area contributed by atoms with Crippen molar-refractivity contribution in [3.63, 3.8) is 0 Å². The van der Waals surface area contributed by atoms with Gasteiger partial charge in [0.05, 0.1) is 10.2 Å². The van der Waals surface area contributed by atoms with Crippen LogP contribution in [-0.4, -0.2) is 26.8 Å². The van der Waals surface area contributed by atoms with E-state index in [1.807, 2.05) is 24.3 Å². The molecule has 138 valence electrons. The number of aromatic nitrogens is 3. The molecule has 0 aliphatic rings. The number of fused-ring (bicyclic) bond motifs is 1. The SMILES string of the molecule is CC(=O)Nc1cccc(NC(=O)c2nccnc2-c2nc3ccccc3s2)c1. The minimum Gasteiger partial charge on any atom is -0.326 e. The maximum Gasteiger partial charge on any atom is 0.276 e. The molecule has 28 heavy (non-hydrogen) atoms. The number of anilines is 2. The molecule has 0 radical (unpaired) electrons. The Bertz CT molecular complexity index is 1150. The van der Waals surface area contributed by atoms with Crippen molar-refractivity contribution < 1.29 is 9.59 Å². The van der Waals surface area contributed by atoms with E-state index in [2.05, 4.69) is 25.6 Å². The molecule has 2 aromatic carbocycles. The lowest BCUT2D eigenvalue weighted by Crippen LogP contribution is -2.16. The Hall–Kier alpha value is -3.65. The second-order valence-electron chi connectivity index (χ2n) is 5.96. The zero-order valence-electron chi connectivity index (χ0n) is 14.8. The number of nitrogens with zero attached hydrogens (tertiary/aromatic N) is 3. The van der Waals surface area contributed by atoms with Gasteiger partial charge in [0.25, 0.3) is 5.91 Å². The highest BCUT2D eigenvalue weighted by molar-refractivity contribution is 7.21. The molecular formula is C20H15N5O2S. The van der Waals surface area contributed by atoms with Crippen LogP contribution in [0.25, 0.3) is 20.9 Å². The molecule has 8 heteroatoms. The Morgan fingerprint density at radius 1 is 0.929 bits per heavy atom.